The van der Waals surface area contributed by atoms with E-state index in [0.29, 0.717) is 24.6 Å². The van der Waals surface area contributed by atoms with Crippen LogP contribution in [0.1, 0.15) is 39.5 Å². The molecule has 1 aliphatic carbocycles. The van der Waals surface area contributed by atoms with Crippen molar-refractivity contribution in [3.8, 4) is 0 Å². The molecule has 4 nitrogen and oxygen atoms in total. The Morgan fingerprint density at radius 2 is 2.22 bits per heavy atom. The van der Waals surface area contributed by atoms with Crippen LogP contribution in [0.3, 0.4) is 0 Å². The van der Waals surface area contributed by atoms with Gasteiger partial charge >= 0.3 is 0 Å². The first-order valence-corrected chi connectivity index (χ1v) is 7.33. The molecule has 0 aromatic heterocycles. The fraction of sp³-hybridized carbons (Fsp3) is 1.00. The fourth-order valence-corrected chi connectivity index (χ4v) is 3.41. The molecule has 4 unspecified atom stereocenters. The van der Waals surface area contributed by atoms with Crippen LogP contribution in [-0.2, 0) is 4.74 Å². The maximum absolute atomic E-state index is 10.4. The molecule has 2 aliphatic rings. The molecule has 0 spiro atoms. The lowest BCUT2D eigenvalue weighted by molar-refractivity contribution is -0.0560. The first-order chi connectivity index (χ1) is 8.55. The molecule has 0 bridgehead atoms. The second kappa shape index (κ2) is 5.87. The van der Waals surface area contributed by atoms with E-state index in [1.807, 2.05) is 0 Å². The summed E-state index contributed by atoms with van der Waals surface area (Å²) in [5, 5.41) is 10.4. The van der Waals surface area contributed by atoms with E-state index < -0.39 is 5.60 Å². The number of aliphatic hydroxyl groups is 1. The van der Waals surface area contributed by atoms with Gasteiger partial charge in [-0.15, -0.1) is 0 Å². The highest BCUT2D eigenvalue weighted by Gasteiger charge is 2.39. The third-order valence-electron chi connectivity index (χ3n) is 4.78. The molecule has 2 rings (SSSR count). The minimum absolute atomic E-state index is 0.332. The van der Waals surface area contributed by atoms with Gasteiger partial charge in [-0.1, -0.05) is 6.42 Å². The number of nitrogens with two attached hydrogens (primary N) is 1. The normalized spacial score (nSPS) is 42.3. The van der Waals surface area contributed by atoms with Gasteiger partial charge in [0.25, 0.3) is 0 Å². The van der Waals surface area contributed by atoms with Crippen molar-refractivity contribution in [2.45, 2.75) is 57.3 Å². The van der Waals surface area contributed by atoms with Crippen molar-refractivity contribution in [1.29, 1.82) is 0 Å². The van der Waals surface area contributed by atoms with E-state index in [0.717, 1.165) is 45.4 Å². The summed E-state index contributed by atoms with van der Waals surface area (Å²) in [7, 11) is 0. The summed E-state index contributed by atoms with van der Waals surface area (Å²) in [5.74, 6) is 0.382. The van der Waals surface area contributed by atoms with Crippen LogP contribution in [0.4, 0.5) is 0 Å². The zero-order chi connectivity index (χ0) is 13.2. The van der Waals surface area contributed by atoms with Crippen molar-refractivity contribution in [2.75, 3.05) is 26.2 Å². The summed E-state index contributed by atoms with van der Waals surface area (Å²) in [5.41, 5.74) is 5.14. The fourth-order valence-electron chi connectivity index (χ4n) is 3.41. The van der Waals surface area contributed by atoms with E-state index in [1.165, 1.54) is 0 Å². The van der Waals surface area contributed by atoms with Crippen molar-refractivity contribution in [1.82, 2.24) is 4.90 Å². The summed E-state index contributed by atoms with van der Waals surface area (Å²) in [6.07, 6.45) is 4.52. The van der Waals surface area contributed by atoms with Gasteiger partial charge in [-0.2, -0.15) is 0 Å². The zero-order valence-electron chi connectivity index (χ0n) is 11.8. The van der Waals surface area contributed by atoms with Crippen molar-refractivity contribution < 1.29 is 9.84 Å². The SMILES string of the molecule is CC1CN(CCC2CCCC2(O)CN)C(C)CO1. The topological polar surface area (TPSA) is 58.7 Å². The molecule has 4 heteroatoms. The third kappa shape index (κ3) is 3.05. The second-order valence-electron chi connectivity index (χ2n) is 6.17. The molecule has 1 aliphatic heterocycles. The Labute approximate surface area is 110 Å². The van der Waals surface area contributed by atoms with Gasteiger partial charge in [0.2, 0.25) is 0 Å². The van der Waals surface area contributed by atoms with Gasteiger partial charge in [0.15, 0.2) is 0 Å². The number of hydrogen-bond donors (Lipinski definition) is 2. The lowest BCUT2D eigenvalue weighted by Crippen LogP contribution is -2.49. The van der Waals surface area contributed by atoms with Crippen molar-refractivity contribution in [3.63, 3.8) is 0 Å². The molecule has 0 radical (unpaired) electrons. The highest BCUT2D eigenvalue weighted by atomic mass is 16.5. The monoisotopic (exact) mass is 256 g/mol. The van der Waals surface area contributed by atoms with Crippen LogP contribution >= 0.6 is 0 Å². The Kier molecular flexibility index (Phi) is 4.64. The van der Waals surface area contributed by atoms with Gasteiger partial charge in [-0.3, -0.25) is 4.90 Å². The van der Waals surface area contributed by atoms with E-state index in [4.69, 9.17) is 10.5 Å². The van der Waals surface area contributed by atoms with E-state index >= 15 is 0 Å². The molecule has 0 amide bonds. The lowest BCUT2D eigenvalue weighted by Gasteiger charge is -2.38. The molecular formula is C14H28N2O2. The molecule has 106 valence electrons. The third-order valence-corrected chi connectivity index (χ3v) is 4.78. The number of hydrogen-bond acceptors (Lipinski definition) is 4. The van der Waals surface area contributed by atoms with Crippen LogP contribution in [0.2, 0.25) is 0 Å². The van der Waals surface area contributed by atoms with Crippen molar-refractivity contribution in [3.05, 3.63) is 0 Å². The van der Waals surface area contributed by atoms with E-state index in [1.54, 1.807) is 0 Å². The average molecular weight is 256 g/mol. The lowest BCUT2D eigenvalue weighted by atomic mass is 9.88. The maximum Gasteiger partial charge on any atom is 0.0797 e. The van der Waals surface area contributed by atoms with Crippen LogP contribution in [0.25, 0.3) is 0 Å². The van der Waals surface area contributed by atoms with Crippen molar-refractivity contribution in [2.24, 2.45) is 11.7 Å². The molecule has 18 heavy (non-hydrogen) atoms. The maximum atomic E-state index is 10.4. The Balaban J connectivity index is 1.83. The summed E-state index contributed by atoms with van der Waals surface area (Å²) < 4.78 is 5.64. The number of nitrogens with zero attached hydrogens (tertiary/aromatic N) is 1. The molecule has 1 heterocycles. The molecule has 2 fully saturated rings. The Hall–Kier alpha value is -0.160. The zero-order valence-corrected chi connectivity index (χ0v) is 11.8. The predicted octanol–water partition coefficient (Wildman–Crippen LogP) is 0.976. The molecule has 0 aromatic rings. The summed E-state index contributed by atoms with van der Waals surface area (Å²) in [6, 6.07) is 0.494. The molecule has 1 saturated heterocycles. The van der Waals surface area contributed by atoms with Crippen LogP contribution in [0.5, 0.6) is 0 Å². The largest absolute Gasteiger partial charge is 0.388 e. The molecule has 0 aromatic carbocycles. The number of rotatable bonds is 4. The standard InChI is InChI=1S/C14H28N2O2/c1-11-9-18-12(2)8-16(11)7-5-13-4-3-6-14(13,17)10-15/h11-13,17H,3-10,15H2,1-2H3. The summed E-state index contributed by atoms with van der Waals surface area (Å²) in [6.45, 7) is 7.65. The first-order valence-electron chi connectivity index (χ1n) is 7.33. The Morgan fingerprint density at radius 3 is 2.94 bits per heavy atom. The van der Waals surface area contributed by atoms with Crippen LogP contribution in [0.15, 0.2) is 0 Å². The molecular weight excluding hydrogens is 228 g/mol. The average Bonchev–Trinajstić information content (AvgIpc) is 2.73. The van der Waals surface area contributed by atoms with Crippen LogP contribution < -0.4 is 5.73 Å². The van der Waals surface area contributed by atoms with Gasteiger partial charge in [-0.25, -0.2) is 0 Å². The first kappa shape index (κ1) is 14.3. The number of ether oxygens (including phenoxy) is 1. The molecule has 1 saturated carbocycles. The highest BCUT2D eigenvalue weighted by molar-refractivity contribution is 4.93. The minimum atomic E-state index is -0.596. The van der Waals surface area contributed by atoms with E-state index in [2.05, 4.69) is 18.7 Å². The van der Waals surface area contributed by atoms with E-state index in [-0.39, 0.29) is 0 Å². The smallest absolute Gasteiger partial charge is 0.0797 e. The number of morpholine rings is 1. The van der Waals surface area contributed by atoms with E-state index in [9.17, 15) is 5.11 Å². The quantitative estimate of drug-likeness (QED) is 0.787. The summed E-state index contributed by atoms with van der Waals surface area (Å²) >= 11 is 0. The highest BCUT2D eigenvalue weighted by Crippen LogP contribution is 2.37. The molecule has 4 atom stereocenters. The molecule has 3 N–H and O–H groups in total. The van der Waals surface area contributed by atoms with Gasteiger partial charge in [-0.05, 0) is 45.6 Å². The van der Waals surface area contributed by atoms with Gasteiger partial charge in [0.1, 0.15) is 0 Å². The predicted molar refractivity (Wildman–Crippen MR) is 72.4 cm³/mol. The Morgan fingerprint density at radius 1 is 1.44 bits per heavy atom. The van der Waals surface area contributed by atoms with Crippen molar-refractivity contribution >= 4 is 0 Å². The second-order valence-corrected chi connectivity index (χ2v) is 6.17. The van der Waals surface area contributed by atoms with Crippen LogP contribution in [0, 0.1) is 5.92 Å². The Bertz CT molecular complexity index is 275. The minimum Gasteiger partial charge on any atom is -0.388 e. The summed E-state index contributed by atoms with van der Waals surface area (Å²) in [4.78, 5) is 2.49. The van der Waals surface area contributed by atoms with Gasteiger partial charge in [0.05, 0.1) is 18.3 Å². The van der Waals surface area contributed by atoms with Gasteiger partial charge in [0, 0.05) is 19.1 Å². The van der Waals surface area contributed by atoms with Gasteiger partial charge < -0.3 is 15.6 Å². The van der Waals surface area contributed by atoms with Crippen LogP contribution in [-0.4, -0.2) is 54.0 Å².